The number of pyridine rings is 1. The fourth-order valence-corrected chi connectivity index (χ4v) is 5.60. The van der Waals surface area contributed by atoms with Crippen molar-refractivity contribution in [1.82, 2.24) is 19.9 Å². The van der Waals surface area contributed by atoms with Gasteiger partial charge < -0.3 is 19.3 Å². The molecule has 216 valence electrons. The maximum absolute atomic E-state index is 16.4. The molecule has 0 unspecified atom stereocenters. The van der Waals surface area contributed by atoms with E-state index in [1.165, 1.54) is 17.2 Å². The summed E-state index contributed by atoms with van der Waals surface area (Å²) in [6.45, 7) is 0.702. The number of alkyl halides is 1. The van der Waals surface area contributed by atoms with Gasteiger partial charge >= 0.3 is 6.01 Å². The van der Waals surface area contributed by atoms with Crippen LogP contribution in [0.5, 0.6) is 6.01 Å². The Labute approximate surface area is 243 Å². The molecule has 2 saturated heterocycles. The summed E-state index contributed by atoms with van der Waals surface area (Å²) in [5.41, 5.74) is 0.135. The Kier molecular flexibility index (Phi) is 7.70. The highest BCUT2D eigenvalue weighted by atomic mass is 35.5. The number of halogens is 4. The van der Waals surface area contributed by atoms with Crippen molar-refractivity contribution < 1.29 is 27.4 Å². The number of fused-ring (bicyclic) bond motifs is 2. The number of rotatable bonds is 7. The predicted molar refractivity (Wildman–Crippen MR) is 149 cm³/mol. The van der Waals surface area contributed by atoms with Crippen LogP contribution >= 0.6 is 11.6 Å². The molecule has 2 fully saturated rings. The van der Waals surface area contributed by atoms with E-state index in [2.05, 4.69) is 15.0 Å². The number of amides is 1. The smallest absolute Gasteiger partial charge is 0.319 e. The lowest BCUT2D eigenvalue weighted by Gasteiger charge is -2.41. The highest BCUT2D eigenvalue weighted by Gasteiger charge is 2.33. The van der Waals surface area contributed by atoms with Crippen LogP contribution in [0.2, 0.25) is 5.02 Å². The lowest BCUT2D eigenvalue weighted by Crippen LogP contribution is -2.55. The Morgan fingerprint density at radius 3 is 2.76 bits per heavy atom. The second kappa shape index (κ2) is 11.6. The van der Waals surface area contributed by atoms with Crippen molar-refractivity contribution >= 4 is 45.0 Å². The molecule has 2 aliphatic heterocycles. The van der Waals surface area contributed by atoms with E-state index in [1.807, 2.05) is 6.07 Å². The first-order valence-corrected chi connectivity index (χ1v) is 13.7. The molecule has 1 atom stereocenters. The van der Waals surface area contributed by atoms with Crippen LogP contribution in [0.3, 0.4) is 0 Å². The molecule has 6 rings (SSSR count). The number of benzene rings is 2. The molecule has 2 aromatic heterocycles. The minimum atomic E-state index is -1.17. The van der Waals surface area contributed by atoms with E-state index in [0.29, 0.717) is 29.8 Å². The van der Waals surface area contributed by atoms with Gasteiger partial charge in [0.15, 0.2) is 12.5 Å². The fourth-order valence-electron chi connectivity index (χ4n) is 5.33. The van der Waals surface area contributed by atoms with Crippen LogP contribution in [0, 0.1) is 28.9 Å². The Balaban J connectivity index is 1.47. The quantitative estimate of drug-likeness (QED) is 0.302. The van der Waals surface area contributed by atoms with E-state index >= 15 is 4.39 Å². The highest BCUT2D eigenvalue weighted by molar-refractivity contribution is 6.36. The standard InChI is InChI=1S/C29H24ClF3N6O3/c30-24-21(32)5-4-17-2-1-3-19(23(17)24)26-25(33)27-20(11-35-26)28(37-29(36-27)42-15-16-13-41-14-16)38-8-9-39(22(40)10-31)18(12-38)6-7-34/h1-5,11,16,18H,6,8-10,12-15H2/t18-/m0/s1. The number of nitriles is 1. The molecule has 0 bridgehead atoms. The maximum Gasteiger partial charge on any atom is 0.319 e. The van der Waals surface area contributed by atoms with Crippen molar-refractivity contribution in [3.8, 4) is 23.3 Å². The van der Waals surface area contributed by atoms with Gasteiger partial charge in [0, 0.05) is 42.7 Å². The van der Waals surface area contributed by atoms with Gasteiger partial charge in [-0.25, -0.2) is 13.2 Å². The first-order chi connectivity index (χ1) is 20.4. The minimum absolute atomic E-state index is 0.0224. The van der Waals surface area contributed by atoms with Gasteiger partial charge in [-0.05, 0) is 11.5 Å². The van der Waals surface area contributed by atoms with Crippen LogP contribution in [0.25, 0.3) is 32.9 Å². The molecule has 42 heavy (non-hydrogen) atoms. The molecule has 4 aromatic rings. The van der Waals surface area contributed by atoms with Crippen LogP contribution in [-0.2, 0) is 9.53 Å². The van der Waals surface area contributed by atoms with Gasteiger partial charge in [0.2, 0.25) is 0 Å². The van der Waals surface area contributed by atoms with Crippen LogP contribution in [0.4, 0.5) is 19.0 Å². The highest BCUT2D eigenvalue weighted by Crippen LogP contribution is 2.38. The number of aromatic nitrogens is 3. The van der Waals surface area contributed by atoms with E-state index in [4.69, 9.17) is 21.1 Å². The van der Waals surface area contributed by atoms with E-state index in [9.17, 15) is 18.8 Å². The molecular formula is C29H24ClF3N6O3. The Bertz CT molecular complexity index is 1730. The van der Waals surface area contributed by atoms with E-state index in [1.54, 1.807) is 29.2 Å². The lowest BCUT2D eigenvalue weighted by atomic mass is 10.0. The SMILES string of the molecule is N#CC[C@H]1CN(c2nc(OCC3COC3)nc3c(F)c(-c4cccc5ccc(F)c(Cl)c45)ncc23)CCN1C(=O)CF. The first kappa shape index (κ1) is 27.9. The van der Waals surface area contributed by atoms with Crippen LogP contribution in [0.15, 0.2) is 36.5 Å². The minimum Gasteiger partial charge on any atom is -0.463 e. The van der Waals surface area contributed by atoms with Gasteiger partial charge in [0.1, 0.15) is 22.8 Å². The van der Waals surface area contributed by atoms with Crippen molar-refractivity contribution in [2.45, 2.75) is 12.5 Å². The van der Waals surface area contributed by atoms with Crippen molar-refractivity contribution in [2.24, 2.45) is 5.92 Å². The number of nitrogens with zero attached hydrogens (tertiary/aromatic N) is 6. The summed E-state index contributed by atoms with van der Waals surface area (Å²) in [4.78, 5) is 28.7. The second-order valence-electron chi connectivity index (χ2n) is 10.2. The predicted octanol–water partition coefficient (Wildman–Crippen LogP) is 4.70. The average molecular weight is 597 g/mol. The van der Waals surface area contributed by atoms with Crippen molar-refractivity contribution in [2.75, 3.05) is 51.0 Å². The molecule has 9 nitrogen and oxygen atoms in total. The second-order valence-corrected chi connectivity index (χ2v) is 10.6. The van der Waals surface area contributed by atoms with Gasteiger partial charge in [0.25, 0.3) is 5.91 Å². The van der Waals surface area contributed by atoms with Gasteiger partial charge in [0.05, 0.1) is 48.8 Å². The average Bonchev–Trinajstić information content (AvgIpc) is 2.98. The molecule has 0 saturated carbocycles. The number of hydrogen-bond acceptors (Lipinski definition) is 8. The molecule has 13 heteroatoms. The molecular weight excluding hydrogens is 573 g/mol. The zero-order valence-electron chi connectivity index (χ0n) is 22.2. The third-order valence-corrected chi connectivity index (χ3v) is 7.90. The summed E-state index contributed by atoms with van der Waals surface area (Å²) in [6.07, 6.45) is 1.41. The summed E-state index contributed by atoms with van der Waals surface area (Å²) in [7, 11) is 0. The number of carbonyl (C=O) groups is 1. The normalized spacial score (nSPS) is 17.4. The molecule has 0 N–H and O–H groups in total. The van der Waals surface area contributed by atoms with Crippen LogP contribution in [0.1, 0.15) is 6.42 Å². The maximum atomic E-state index is 16.4. The Morgan fingerprint density at radius 1 is 1.19 bits per heavy atom. The number of anilines is 1. The van der Waals surface area contributed by atoms with E-state index < -0.39 is 30.3 Å². The summed E-state index contributed by atoms with van der Waals surface area (Å²) < 4.78 is 55.1. The van der Waals surface area contributed by atoms with E-state index in [0.717, 1.165) is 0 Å². The third kappa shape index (κ3) is 5.03. The van der Waals surface area contributed by atoms with Gasteiger partial charge in [-0.15, -0.1) is 0 Å². The van der Waals surface area contributed by atoms with Gasteiger partial charge in [-0.3, -0.25) is 9.78 Å². The molecule has 2 aromatic carbocycles. The zero-order chi connectivity index (χ0) is 29.4. The van der Waals surface area contributed by atoms with Gasteiger partial charge in [-0.2, -0.15) is 15.2 Å². The van der Waals surface area contributed by atoms with E-state index in [-0.39, 0.29) is 71.8 Å². The molecule has 0 spiro atoms. The summed E-state index contributed by atoms with van der Waals surface area (Å²) in [5, 5.41) is 10.4. The summed E-state index contributed by atoms with van der Waals surface area (Å²) in [6, 6.07) is 9.23. The summed E-state index contributed by atoms with van der Waals surface area (Å²) in [5.74, 6) is -1.67. The van der Waals surface area contributed by atoms with Crippen molar-refractivity contribution in [3.05, 3.63) is 53.2 Å². The monoisotopic (exact) mass is 596 g/mol. The third-order valence-electron chi connectivity index (χ3n) is 7.53. The topological polar surface area (TPSA) is 104 Å². The van der Waals surface area contributed by atoms with Crippen LogP contribution < -0.4 is 9.64 Å². The number of piperazine rings is 1. The van der Waals surface area contributed by atoms with Crippen molar-refractivity contribution in [1.29, 1.82) is 5.26 Å². The fraction of sp³-hybridized carbons (Fsp3) is 0.345. The lowest BCUT2D eigenvalue weighted by molar-refractivity contribution is -0.134. The molecule has 4 heterocycles. The van der Waals surface area contributed by atoms with Gasteiger partial charge in [-0.1, -0.05) is 35.9 Å². The Hall–Kier alpha value is -4.21. The van der Waals surface area contributed by atoms with Crippen molar-refractivity contribution in [3.63, 3.8) is 0 Å². The molecule has 0 aliphatic carbocycles. The Morgan fingerprint density at radius 2 is 2.02 bits per heavy atom. The largest absolute Gasteiger partial charge is 0.463 e. The van der Waals surface area contributed by atoms with Crippen LogP contribution in [-0.4, -0.2) is 77.9 Å². The summed E-state index contributed by atoms with van der Waals surface area (Å²) >= 11 is 6.32. The first-order valence-electron chi connectivity index (χ1n) is 13.3. The number of carbonyl (C=O) groups excluding carboxylic acids is 1. The zero-order valence-corrected chi connectivity index (χ0v) is 23.0. The number of hydrogen-bond donors (Lipinski definition) is 0. The molecule has 2 aliphatic rings. The molecule has 1 amide bonds. The number of ether oxygens (including phenoxy) is 2. The molecule has 0 radical (unpaired) electrons.